The molecule has 0 atom stereocenters. The number of aromatic nitrogens is 2. The van der Waals surface area contributed by atoms with Gasteiger partial charge in [-0.05, 0) is 23.8 Å². The molecule has 1 aromatic heterocycles. The van der Waals surface area contributed by atoms with Crippen LogP contribution in [-0.2, 0) is 6.54 Å². The van der Waals surface area contributed by atoms with Gasteiger partial charge in [-0.3, -0.25) is 4.68 Å². The molecule has 1 heterocycles. The molecule has 0 aliphatic heterocycles. The van der Waals surface area contributed by atoms with E-state index in [0.29, 0.717) is 0 Å². The zero-order valence-electron chi connectivity index (χ0n) is 9.18. The summed E-state index contributed by atoms with van der Waals surface area (Å²) in [5.41, 5.74) is 2.18. The van der Waals surface area contributed by atoms with Gasteiger partial charge in [0.1, 0.15) is 0 Å². The number of hydrogen-bond acceptors (Lipinski definition) is 1. The molecule has 2 nitrogen and oxygen atoms in total. The Kier molecular flexibility index (Phi) is 2.57. The smallest absolute Gasteiger partial charge is 0.0938 e. The lowest BCUT2D eigenvalue weighted by Crippen LogP contribution is -1.99. The Morgan fingerprint density at radius 2 is 1.88 bits per heavy atom. The number of fused-ring (bicyclic) bond motifs is 1. The molecular formula is C14H11ClN2. The second-order valence-electron chi connectivity index (χ2n) is 4.02. The van der Waals surface area contributed by atoms with Crippen LogP contribution in [0.1, 0.15) is 5.56 Å². The summed E-state index contributed by atoms with van der Waals surface area (Å²) in [6.45, 7) is 0.785. The zero-order valence-corrected chi connectivity index (χ0v) is 9.93. The van der Waals surface area contributed by atoms with Gasteiger partial charge >= 0.3 is 0 Å². The normalized spacial score (nSPS) is 10.9. The first kappa shape index (κ1) is 10.4. The Labute approximate surface area is 104 Å². The summed E-state index contributed by atoms with van der Waals surface area (Å²) in [5, 5.41) is 6.34. The largest absolute Gasteiger partial charge is 0.267 e. The minimum Gasteiger partial charge on any atom is -0.267 e. The van der Waals surface area contributed by atoms with Crippen molar-refractivity contribution in [2.45, 2.75) is 6.54 Å². The summed E-state index contributed by atoms with van der Waals surface area (Å²) in [5.74, 6) is 0. The third-order valence-corrected chi connectivity index (χ3v) is 2.94. The minimum atomic E-state index is 0.725. The van der Waals surface area contributed by atoms with Gasteiger partial charge in [0.05, 0.1) is 12.1 Å². The van der Waals surface area contributed by atoms with Crippen molar-refractivity contribution in [1.82, 2.24) is 9.78 Å². The maximum Gasteiger partial charge on any atom is 0.0938 e. The Hall–Kier alpha value is -1.80. The van der Waals surface area contributed by atoms with Crippen LogP contribution in [0.5, 0.6) is 0 Å². The van der Waals surface area contributed by atoms with Crippen molar-refractivity contribution in [2.75, 3.05) is 0 Å². The summed E-state index contributed by atoms with van der Waals surface area (Å²) in [6, 6.07) is 16.1. The highest BCUT2D eigenvalue weighted by atomic mass is 35.5. The maximum atomic E-state index is 5.94. The molecule has 0 N–H and O–H groups in total. The molecule has 84 valence electrons. The monoisotopic (exact) mass is 242 g/mol. The topological polar surface area (TPSA) is 17.8 Å². The van der Waals surface area contributed by atoms with Gasteiger partial charge in [0, 0.05) is 16.6 Å². The lowest BCUT2D eigenvalue weighted by Gasteiger charge is -2.00. The van der Waals surface area contributed by atoms with E-state index in [1.54, 1.807) is 0 Å². The summed E-state index contributed by atoms with van der Waals surface area (Å²) >= 11 is 5.94. The van der Waals surface area contributed by atoms with E-state index in [0.717, 1.165) is 22.5 Å². The van der Waals surface area contributed by atoms with Gasteiger partial charge in [-0.25, -0.2) is 0 Å². The molecule has 2 aromatic carbocycles. The highest BCUT2D eigenvalue weighted by Crippen LogP contribution is 2.18. The third-order valence-electron chi connectivity index (χ3n) is 2.70. The summed E-state index contributed by atoms with van der Waals surface area (Å²) in [7, 11) is 0. The molecule has 3 heteroatoms. The highest BCUT2D eigenvalue weighted by Gasteiger charge is 2.01. The first-order chi connectivity index (χ1) is 8.31. The summed E-state index contributed by atoms with van der Waals surface area (Å²) in [6.07, 6.45) is 2.04. The van der Waals surface area contributed by atoms with E-state index < -0.39 is 0 Å². The van der Waals surface area contributed by atoms with Crippen molar-refractivity contribution in [3.05, 3.63) is 65.3 Å². The molecule has 0 aliphatic rings. The second kappa shape index (κ2) is 4.22. The Balaban J connectivity index is 1.96. The second-order valence-corrected chi connectivity index (χ2v) is 4.45. The predicted molar refractivity (Wildman–Crippen MR) is 70.3 cm³/mol. The lowest BCUT2D eigenvalue weighted by molar-refractivity contribution is 0.696. The zero-order chi connectivity index (χ0) is 11.7. The van der Waals surface area contributed by atoms with Gasteiger partial charge in [-0.15, -0.1) is 0 Å². The molecular weight excluding hydrogens is 232 g/mol. The summed E-state index contributed by atoms with van der Waals surface area (Å²) in [4.78, 5) is 0. The molecule has 0 radical (unpaired) electrons. The Morgan fingerprint density at radius 3 is 2.71 bits per heavy atom. The molecule has 17 heavy (non-hydrogen) atoms. The van der Waals surface area contributed by atoms with Gasteiger partial charge in [-0.1, -0.05) is 41.9 Å². The van der Waals surface area contributed by atoms with E-state index in [1.807, 2.05) is 47.3 Å². The molecule has 0 fully saturated rings. The molecule has 3 rings (SSSR count). The maximum absolute atomic E-state index is 5.94. The molecule has 0 spiro atoms. The van der Waals surface area contributed by atoms with E-state index in [2.05, 4.69) is 17.2 Å². The number of nitrogens with zero attached hydrogens (tertiary/aromatic N) is 2. The van der Waals surface area contributed by atoms with Crippen molar-refractivity contribution < 1.29 is 0 Å². The molecule has 0 amide bonds. The fraction of sp³-hybridized carbons (Fsp3) is 0.0714. The number of benzene rings is 2. The average molecular weight is 243 g/mol. The van der Waals surface area contributed by atoms with Crippen LogP contribution in [0.2, 0.25) is 5.02 Å². The molecule has 3 aromatic rings. The van der Waals surface area contributed by atoms with Crippen molar-refractivity contribution in [3.63, 3.8) is 0 Å². The Bertz CT molecular complexity index is 644. The van der Waals surface area contributed by atoms with Crippen LogP contribution in [-0.4, -0.2) is 9.78 Å². The van der Waals surface area contributed by atoms with Crippen LogP contribution in [0.4, 0.5) is 0 Å². The van der Waals surface area contributed by atoms with Gasteiger partial charge in [0.15, 0.2) is 0 Å². The van der Waals surface area contributed by atoms with Crippen molar-refractivity contribution >= 4 is 22.5 Å². The number of halogens is 1. The summed E-state index contributed by atoms with van der Waals surface area (Å²) < 4.78 is 1.94. The van der Waals surface area contributed by atoms with Crippen molar-refractivity contribution in [3.8, 4) is 0 Å². The van der Waals surface area contributed by atoms with Crippen LogP contribution >= 0.6 is 11.6 Å². The van der Waals surface area contributed by atoms with Gasteiger partial charge in [-0.2, -0.15) is 5.10 Å². The van der Waals surface area contributed by atoms with Crippen LogP contribution in [0, 0.1) is 0 Å². The highest BCUT2D eigenvalue weighted by molar-refractivity contribution is 6.31. The van der Waals surface area contributed by atoms with Crippen LogP contribution in [0.25, 0.3) is 10.9 Å². The van der Waals surface area contributed by atoms with Gasteiger partial charge < -0.3 is 0 Å². The third kappa shape index (κ3) is 2.17. The van der Waals surface area contributed by atoms with Crippen LogP contribution in [0.3, 0.4) is 0 Å². The van der Waals surface area contributed by atoms with E-state index in [1.165, 1.54) is 5.56 Å². The average Bonchev–Trinajstić information content (AvgIpc) is 2.71. The molecule has 0 bridgehead atoms. The van der Waals surface area contributed by atoms with Crippen LogP contribution in [0.15, 0.2) is 54.7 Å². The predicted octanol–water partition coefficient (Wildman–Crippen LogP) is 3.74. The first-order valence-electron chi connectivity index (χ1n) is 5.48. The lowest BCUT2D eigenvalue weighted by atomic mass is 10.2. The van der Waals surface area contributed by atoms with Gasteiger partial charge in [0.2, 0.25) is 0 Å². The molecule has 0 aliphatic carbocycles. The fourth-order valence-corrected chi connectivity index (χ4v) is 2.06. The van der Waals surface area contributed by atoms with Crippen molar-refractivity contribution in [2.24, 2.45) is 0 Å². The van der Waals surface area contributed by atoms with Crippen LogP contribution < -0.4 is 0 Å². The molecule has 0 saturated heterocycles. The van der Waals surface area contributed by atoms with E-state index in [-0.39, 0.29) is 0 Å². The number of hydrogen-bond donors (Lipinski definition) is 0. The number of rotatable bonds is 2. The van der Waals surface area contributed by atoms with E-state index >= 15 is 0 Å². The minimum absolute atomic E-state index is 0.725. The van der Waals surface area contributed by atoms with E-state index in [9.17, 15) is 0 Å². The van der Waals surface area contributed by atoms with Crippen molar-refractivity contribution in [1.29, 1.82) is 0 Å². The molecule has 0 unspecified atom stereocenters. The quantitative estimate of drug-likeness (QED) is 0.669. The fourth-order valence-electron chi connectivity index (χ4n) is 1.89. The van der Waals surface area contributed by atoms with E-state index in [4.69, 9.17) is 11.6 Å². The first-order valence-corrected chi connectivity index (χ1v) is 5.86. The van der Waals surface area contributed by atoms with Gasteiger partial charge in [0.25, 0.3) is 0 Å². The molecule has 0 saturated carbocycles. The standard InChI is InChI=1S/C14H11ClN2/c15-13-7-6-12-10-17(16-14(12)8-13)9-11-4-2-1-3-5-11/h1-8,10H,9H2. The SMILES string of the molecule is Clc1ccc2cn(Cc3ccccc3)nc2c1. The Morgan fingerprint density at radius 1 is 1.06 bits per heavy atom.